The largest absolute Gasteiger partial charge is 0.481 e. The number of hydrogen-bond donors (Lipinski definition) is 1. The second-order valence-electron chi connectivity index (χ2n) is 11.2. The Morgan fingerprint density at radius 3 is 2.31 bits per heavy atom. The number of fused-ring (bicyclic) bond motifs is 1. The number of furan rings is 1. The Hall–Kier alpha value is -5.06. The Kier molecular flexibility index (Phi) is 8.46. The van der Waals surface area contributed by atoms with Crippen LogP contribution < -0.4 is 0 Å². The molecule has 5 rings (SSSR count). The number of rotatable bonds is 9. The van der Waals surface area contributed by atoms with E-state index in [0.29, 0.717) is 23.2 Å². The molecule has 2 aromatic carbocycles. The van der Waals surface area contributed by atoms with Gasteiger partial charge in [0.15, 0.2) is 0 Å². The third-order valence-electron chi connectivity index (χ3n) is 7.61. The van der Waals surface area contributed by atoms with Crippen LogP contribution in [0.25, 0.3) is 22.2 Å². The predicted molar refractivity (Wildman–Crippen MR) is 159 cm³/mol. The highest BCUT2D eigenvalue weighted by atomic mass is 19.4. The molecule has 5 aromatic rings. The summed E-state index contributed by atoms with van der Waals surface area (Å²) < 4.78 is 58.8. The summed E-state index contributed by atoms with van der Waals surface area (Å²) in [5.41, 5.74) is 2.82. The van der Waals surface area contributed by atoms with E-state index in [2.05, 4.69) is 9.97 Å². The molecule has 0 radical (unpaired) electrons. The zero-order valence-electron chi connectivity index (χ0n) is 24.7. The quantitative estimate of drug-likeness (QED) is 0.169. The van der Waals surface area contributed by atoms with Crippen molar-refractivity contribution in [1.29, 1.82) is 0 Å². The smallest absolute Gasteiger partial charge is 0.449 e. The summed E-state index contributed by atoms with van der Waals surface area (Å²) >= 11 is 0. The number of alkyl halides is 3. The fourth-order valence-corrected chi connectivity index (χ4v) is 4.89. The van der Waals surface area contributed by atoms with Crippen LogP contribution in [-0.2, 0) is 35.9 Å². The lowest BCUT2D eigenvalue weighted by Crippen LogP contribution is -2.30. The number of hydrogen-bond acceptors (Lipinski definition) is 5. The number of carbonyl (C=O) groups is 2. The molecule has 1 N–H and O–H groups in total. The number of halogens is 4. The van der Waals surface area contributed by atoms with Gasteiger partial charge in [0.05, 0.1) is 29.2 Å². The highest BCUT2D eigenvalue weighted by molar-refractivity contribution is 6.04. The third-order valence-corrected chi connectivity index (χ3v) is 7.61. The first-order valence-electron chi connectivity index (χ1n) is 14.1. The zero-order valence-corrected chi connectivity index (χ0v) is 24.7. The fourth-order valence-electron chi connectivity index (χ4n) is 4.89. The summed E-state index contributed by atoms with van der Waals surface area (Å²) in [7, 11) is 0. The lowest BCUT2D eigenvalue weighted by molar-refractivity contribution is -0.153. The van der Waals surface area contributed by atoms with E-state index in [-0.39, 0.29) is 35.4 Å². The van der Waals surface area contributed by atoms with Crippen LogP contribution in [0.4, 0.5) is 17.6 Å². The minimum Gasteiger partial charge on any atom is -0.481 e. The van der Waals surface area contributed by atoms with Crippen LogP contribution in [-0.4, -0.2) is 31.9 Å². The molecule has 3 aromatic heterocycles. The number of carboxylic acids is 1. The highest BCUT2D eigenvalue weighted by Gasteiger charge is 2.35. The number of aromatic nitrogens is 2. The first kappa shape index (κ1) is 31.4. The molecule has 0 saturated carbocycles. The zero-order chi connectivity index (χ0) is 32.5. The Morgan fingerprint density at radius 2 is 1.67 bits per heavy atom. The molecule has 0 unspecified atom stereocenters. The van der Waals surface area contributed by atoms with Crippen molar-refractivity contribution in [2.75, 3.05) is 0 Å². The van der Waals surface area contributed by atoms with Gasteiger partial charge in [0, 0.05) is 18.3 Å². The van der Waals surface area contributed by atoms with E-state index in [9.17, 15) is 32.3 Å². The van der Waals surface area contributed by atoms with E-state index in [1.54, 1.807) is 44.2 Å². The number of carboxylic acid groups (broad SMARTS) is 1. The molecule has 0 bridgehead atoms. The third kappa shape index (κ3) is 6.72. The summed E-state index contributed by atoms with van der Waals surface area (Å²) in [6, 6.07) is 19.1. The molecule has 1 amide bonds. The summed E-state index contributed by atoms with van der Waals surface area (Å²) in [6.45, 7) is 4.80. The van der Waals surface area contributed by atoms with Gasteiger partial charge >= 0.3 is 12.1 Å². The number of nitrogens with zero attached hydrogens (tertiary/aromatic N) is 3. The van der Waals surface area contributed by atoms with E-state index in [1.165, 1.54) is 17.0 Å². The molecule has 0 spiro atoms. The van der Waals surface area contributed by atoms with Crippen molar-refractivity contribution in [3.05, 3.63) is 119 Å². The molecule has 232 valence electrons. The van der Waals surface area contributed by atoms with Crippen LogP contribution in [0.1, 0.15) is 59.5 Å². The number of aryl methyl sites for hydroxylation is 1. The molecule has 0 atom stereocenters. The van der Waals surface area contributed by atoms with Gasteiger partial charge in [-0.05, 0) is 60.7 Å². The summed E-state index contributed by atoms with van der Waals surface area (Å²) in [4.78, 5) is 35.6. The molecule has 45 heavy (non-hydrogen) atoms. The second-order valence-corrected chi connectivity index (χ2v) is 11.2. The summed E-state index contributed by atoms with van der Waals surface area (Å²) in [6.07, 6.45) is -3.26. The van der Waals surface area contributed by atoms with Crippen molar-refractivity contribution in [3.8, 4) is 11.1 Å². The van der Waals surface area contributed by atoms with Crippen LogP contribution in [0.3, 0.4) is 0 Å². The van der Waals surface area contributed by atoms with Gasteiger partial charge in [-0.1, -0.05) is 55.5 Å². The van der Waals surface area contributed by atoms with Gasteiger partial charge in [0.2, 0.25) is 5.76 Å². The van der Waals surface area contributed by atoms with Gasteiger partial charge < -0.3 is 14.4 Å². The summed E-state index contributed by atoms with van der Waals surface area (Å²) in [5.74, 6) is -3.37. The van der Waals surface area contributed by atoms with E-state index in [1.807, 2.05) is 31.2 Å². The highest BCUT2D eigenvalue weighted by Crippen LogP contribution is 2.32. The minimum atomic E-state index is -4.69. The topological polar surface area (TPSA) is 96.5 Å². The Morgan fingerprint density at radius 1 is 0.933 bits per heavy atom. The number of amides is 1. The Balaban J connectivity index is 1.49. The molecular formula is C34H29F4N3O4. The Bertz CT molecular complexity index is 1880. The van der Waals surface area contributed by atoms with E-state index in [0.717, 1.165) is 23.4 Å². The fraction of sp³-hybridized carbons (Fsp3) is 0.235. The van der Waals surface area contributed by atoms with Crippen LogP contribution in [0.15, 0.2) is 83.4 Å². The lowest BCUT2D eigenvalue weighted by atomic mass is 9.83. The average Bonchev–Trinajstić information content (AvgIpc) is 3.49. The van der Waals surface area contributed by atoms with Gasteiger partial charge in [-0.2, -0.15) is 13.2 Å². The van der Waals surface area contributed by atoms with Gasteiger partial charge in [-0.15, -0.1) is 0 Å². The van der Waals surface area contributed by atoms with Crippen LogP contribution in [0, 0.1) is 5.82 Å². The van der Waals surface area contributed by atoms with Crippen molar-refractivity contribution < 1.29 is 36.7 Å². The van der Waals surface area contributed by atoms with Crippen LogP contribution in [0.2, 0.25) is 0 Å². The molecule has 0 aliphatic rings. The monoisotopic (exact) mass is 619 g/mol. The van der Waals surface area contributed by atoms with Crippen molar-refractivity contribution in [3.63, 3.8) is 0 Å². The molecular weight excluding hydrogens is 590 g/mol. The normalized spacial score (nSPS) is 12.0. The molecule has 0 aliphatic carbocycles. The number of carbonyl (C=O) groups excluding carboxylic acids is 1. The molecule has 0 saturated heterocycles. The van der Waals surface area contributed by atoms with Crippen molar-refractivity contribution in [2.24, 2.45) is 0 Å². The maximum atomic E-state index is 14.1. The molecule has 0 fully saturated rings. The SMILES string of the molecule is CCc1cc(C(=O)N(Cc2ccc(-c3cccc(C(C)(C)C(=O)O)c3)cc2)Cc2ccc(C(F)(F)F)o2)c2ncc(F)cc2n1. The van der Waals surface area contributed by atoms with Gasteiger partial charge in [0.1, 0.15) is 17.1 Å². The molecule has 7 nitrogen and oxygen atoms in total. The van der Waals surface area contributed by atoms with Gasteiger partial charge in [-0.3, -0.25) is 19.6 Å². The van der Waals surface area contributed by atoms with Crippen molar-refractivity contribution in [2.45, 2.75) is 51.9 Å². The Labute approximate surface area is 256 Å². The number of pyridine rings is 2. The van der Waals surface area contributed by atoms with E-state index in [4.69, 9.17) is 4.42 Å². The molecule has 0 aliphatic heterocycles. The standard InChI is InChI=1S/C34H29F4N3O4/c1-4-25-16-27(30-28(40-25)15-24(35)17-39-30)31(42)41(19-26-12-13-29(45-26)34(36,37)38)18-20-8-10-21(11-9-20)22-6-5-7-23(14-22)33(2,3)32(43)44/h5-17H,4,18-19H2,1-3H3,(H,43,44). The van der Waals surface area contributed by atoms with Crippen molar-refractivity contribution >= 4 is 22.9 Å². The van der Waals surface area contributed by atoms with Gasteiger partial charge in [-0.25, -0.2) is 4.39 Å². The van der Waals surface area contributed by atoms with Crippen molar-refractivity contribution in [1.82, 2.24) is 14.9 Å². The van der Waals surface area contributed by atoms with Crippen LogP contribution >= 0.6 is 0 Å². The van der Waals surface area contributed by atoms with E-state index >= 15 is 0 Å². The maximum Gasteiger partial charge on any atom is 0.449 e. The average molecular weight is 620 g/mol. The second kappa shape index (κ2) is 12.1. The molecule has 3 heterocycles. The first-order valence-corrected chi connectivity index (χ1v) is 14.1. The lowest BCUT2D eigenvalue weighted by Gasteiger charge is -2.23. The van der Waals surface area contributed by atoms with E-state index < -0.39 is 35.0 Å². The number of aliphatic carboxylic acids is 1. The van der Waals surface area contributed by atoms with Crippen LogP contribution in [0.5, 0.6) is 0 Å². The maximum absolute atomic E-state index is 14.1. The first-order chi connectivity index (χ1) is 21.3. The minimum absolute atomic E-state index is 0.000279. The van der Waals surface area contributed by atoms with Gasteiger partial charge in [0.25, 0.3) is 5.91 Å². The summed E-state index contributed by atoms with van der Waals surface area (Å²) in [5, 5.41) is 9.63. The molecule has 11 heteroatoms. The predicted octanol–water partition coefficient (Wildman–Crippen LogP) is 7.81. The number of benzene rings is 2.